The van der Waals surface area contributed by atoms with Crippen LogP contribution >= 0.6 is 11.3 Å². The van der Waals surface area contributed by atoms with Gasteiger partial charge in [-0.15, -0.1) is 11.3 Å². The summed E-state index contributed by atoms with van der Waals surface area (Å²) in [5, 5.41) is 3.70. The van der Waals surface area contributed by atoms with Gasteiger partial charge in [-0.2, -0.15) is 0 Å². The number of aryl methyl sites for hydroxylation is 1. The predicted molar refractivity (Wildman–Crippen MR) is 73.6 cm³/mol. The van der Waals surface area contributed by atoms with Crippen LogP contribution in [0.15, 0.2) is 12.1 Å². The quantitative estimate of drug-likeness (QED) is 0.884. The number of nitrogens with one attached hydrogen (secondary N) is 1. The van der Waals surface area contributed by atoms with Crippen LogP contribution in [0.2, 0.25) is 0 Å². The molecule has 1 aliphatic carbocycles. The van der Waals surface area contributed by atoms with Crippen molar-refractivity contribution in [3.05, 3.63) is 21.9 Å². The summed E-state index contributed by atoms with van der Waals surface area (Å²) in [5.74, 6) is 0.804. The van der Waals surface area contributed by atoms with Gasteiger partial charge in [0.2, 0.25) is 0 Å². The van der Waals surface area contributed by atoms with E-state index in [0.29, 0.717) is 6.04 Å². The molecule has 0 radical (unpaired) electrons. The number of nitrogens with zero attached hydrogens (tertiary/aromatic N) is 1. The van der Waals surface area contributed by atoms with Crippen molar-refractivity contribution in [2.75, 3.05) is 20.1 Å². The van der Waals surface area contributed by atoms with Gasteiger partial charge in [0.05, 0.1) is 0 Å². The lowest BCUT2D eigenvalue weighted by Crippen LogP contribution is -2.29. The molecule has 2 heterocycles. The van der Waals surface area contributed by atoms with E-state index in [2.05, 4.69) is 36.3 Å². The molecule has 0 spiro atoms. The van der Waals surface area contributed by atoms with Crippen molar-refractivity contribution in [2.24, 2.45) is 5.92 Å². The molecule has 3 heteroatoms. The molecule has 2 fully saturated rings. The first-order valence-corrected chi connectivity index (χ1v) is 7.55. The molecule has 2 atom stereocenters. The van der Waals surface area contributed by atoms with Gasteiger partial charge in [-0.3, -0.25) is 4.90 Å². The first kappa shape index (κ1) is 11.7. The fourth-order valence-electron chi connectivity index (χ4n) is 2.91. The molecular weight excluding hydrogens is 228 g/mol. The van der Waals surface area contributed by atoms with E-state index in [0.717, 1.165) is 12.0 Å². The smallest absolute Gasteiger partial charge is 0.0479 e. The summed E-state index contributed by atoms with van der Waals surface area (Å²) < 4.78 is 0. The van der Waals surface area contributed by atoms with Gasteiger partial charge in [0.25, 0.3) is 0 Å². The van der Waals surface area contributed by atoms with Gasteiger partial charge in [-0.25, -0.2) is 0 Å². The van der Waals surface area contributed by atoms with Crippen molar-refractivity contribution in [2.45, 2.75) is 38.3 Å². The summed E-state index contributed by atoms with van der Waals surface area (Å²) in [6.45, 7) is 4.66. The highest BCUT2D eigenvalue weighted by atomic mass is 32.1. The van der Waals surface area contributed by atoms with Crippen LogP contribution < -0.4 is 5.32 Å². The summed E-state index contributed by atoms with van der Waals surface area (Å²) in [7, 11) is 2.27. The molecule has 0 amide bonds. The van der Waals surface area contributed by atoms with E-state index in [9.17, 15) is 0 Å². The second-order valence-electron chi connectivity index (χ2n) is 5.61. The van der Waals surface area contributed by atoms with Crippen molar-refractivity contribution in [3.63, 3.8) is 0 Å². The third-order valence-electron chi connectivity index (χ3n) is 4.07. The van der Waals surface area contributed by atoms with Gasteiger partial charge in [0, 0.05) is 28.4 Å². The van der Waals surface area contributed by atoms with E-state index in [-0.39, 0.29) is 0 Å². The van der Waals surface area contributed by atoms with Crippen LogP contribution in [0.4, 0.5) is 0 Å². The molecule has 3 rings (SSSR count). The molecular formula is C14H22N2S. The molecule has 0 bridgehead atoms. The predicted octanol–water partition coefficient (Wildman–Crippen LogP) is 2.80. The largest absolute Gasteiger partial charge is 0.314 e. The van der Waals surface area contributed by atoms with Gasteiger partial charge in [0.1, 0.15) is 0 Å². The molecule has 2 aliphatic rings. The van der Waals surface area contributed by atoms with E-state index in [4.69, 9.17) is 0 Å². The lowest BCUT2D eigenvalue weighted by molar-refractivity contribution is 0.276. The summed E-state index contributed by atoms with van der Waals surface area (Å²) in [6, 6.07) is 6.08. The van der Waals surface area contributed by atoms with E-state index in [1.807, 2.05) is 11.3 Å². The Morgan fingerprint density at radius 2 is 2.18 bits per heavy atom. The van der Waals surface area contributed by atoms with E-state index in [1.54, 1.807) is 4.88 Å². The molecule has 94 valence electrons. The van der Waals surface area contributed by atoms with Gasteiger partial charge >= 0.3 is 0 Å². The molecule has 1 aromatic heterocycles. The Bertz CT molecular complexity index is 383. The van der Waals surface area contributed by atoms with Crippen molar-refractivity contribution in [3.8, 4) is 0 Å². The number of hydrogen-bond donors (Lipinski definition) is 1. The summed E-state index contributed by atoms with van der Waals surface area (Å²) in [4.78, 5) is 5.53. The van der Waals surface area contributed by atoms with Crippen LogP contribution in [0, 0.1) is 12.8 Å². The normalized spacial score (nSPS) is 30.0. The van der Waals surface area contributed by atoms with Gasteiger partial charge < -0.3 is 5.32 Å². The Hall–Kier alpha value is -0.380. The topological polar surface area (TPSA) is 15.3 Å². The number of rotatable bonds is 4. The van der Waals surface area contributed by atoms with E-state index >= 15 is 0 Å². The molecule has 1 aliphatic heterocycles. The minimum absolute atomic E-state index is 0.653. The zero-order chi connectivity index (χ0) is 11.8. The van der Waals surface area contributed by atoms with Crippen LogP contribution in [0.3, 0.4) is 0 Å². The summed E-state index contributed by atoms with van der Waals surface area (Å²) in [6.07, 6.45) is 4.13. The maximum absolute atomic E-state index is 3.70. The highest BCUT2D eigenvalue weighted by Crippen LogP contribution is 2.39. The van der Waals surface area contributed by atoms with Gasteiger partial charge in [-0.05, 0) is 57.8 Å². The number of likely N-dealkylation sites (tertiary alicyclic amines) is 1. The van der Waals surface area contributed by atoms with Crippen molar-refractivity contribution in [1.29, 1.82) is 0 Å². The summed E-state index contributed by atoms with van der Waals surface area (Å²) in [5.41, 5.74) is 0. The highest BCUT2D eigenvalue weighted by molar-refractivity contribution is 7.12. The van der Waals surface area contributed by atoms with Crippen LogP contribution in [0.1, 0.15) is 35.1 Å². The van der Waals surface area contributed by atoms with Crippen molar-refractivity contribution in [1.82, 2.24) is 10.2 Å². The SMILES string of the molecule is Cc1ccc(C2C(CNC3CC3)CCN2C)s1. The molecule has 1 N–H and O–H groups in total. The molecule has 0 aromatic carbocycles. The second-order valence-corrected chi connectivity index (χ2v) is 6.92. The van der Waals surface area contributed by atoms with Crippen LogP contribution in [-0.2, 0) is 0 Å². The minimum atomic E-state index is 0.653. The molecule has 2 nitrogen and oxygen atoms in total. The van der Waals surface area contributed by atoms with E-state index in [1.165, 1.54) is 37.2 Å². The fourth-order valence-corrected chi connectivity index (χ4v) is 4.04. The Morgan fingerprint density at radius 3 is 2.82 bits per heavy atom. The molecule has 1 saturated carbocycles. The first-order valence-electron chi connectivity index (χ1n) is 6.74. The maximum atomic E-state index is 3.70. The monoisotopic (exact) mass is 250 g/mol. The average molecular weight is 250 g/mol. The zero-order valence-corrected chi connectivity index (χ0v) is 11.6. The van der Waals surface area contributed by atoms with Gasteiger partial charge in [0.15, 0.2) is 0 Å². The Morgan fingerprint density at radius 1 is 1.35 bits per heavy atom. The molecule has 2 unspecified atom stereocenters. The molecule has 17 heavy (non-hydrogen) atoms. The maximum Gasteiger partial charge on any atom is 0.0479 e. The fraction of sp³-hybridized carbons (Fsp3) is 0.714. The lowest BCUT2D eigenvalue weighted by Gasteiger charge is -2.24. The molecule has 1 aromatic rings. The van der Waals surface area contributed by atoms with Gasteiger partial charge in [-0.1, -0.05) is 0 Å². The van der Waals surface area contributed by atoms with E-state index < -0.39 is 0 Å². The third-order valence-corrected chi connectivity index (χ3v) is 5.14. The Balaban J connectivity index is 1.69. The molecule has 1 saturated heterocycles. The zero-order valence-electron chi connectivity index (χ0n) is 10.8. The summed E-state index contributed by atoms with van der Waals surface area (Å²) >= 11 is 1.97. The van der Waals surface area contributed by atoms with Crippen molar-refractivity contribution >= 4 is 11.3 Å². The minimum Gasteiger partial charge on any atom is -0.314 e. The van der Waals surface area contributed by atoms with Crippen LogP contribution in [-0.4, -0.2) is 31.1 Å². The Kier molecular flexibility index (Phi) is 3.24. The van der Waals surface area contributed by atoms with Crippen molar-refractivity contribution < 1.29 is 0 Å². The first-order chi connectivity index (χ1) is 8.24. The van der Waals surface area contributed by atoms with Crippen LogP contribution in [0.25, 0.3) is 0 Å². The standard InChI is InChI=1S/C14H22N2S/c1-10-3-6-13(17-10)14-11(7-8-16(14)2)9-15-12-4-5-12/h3,6,11-12,14-15H,4-5,7-9H2,1-2H3. The highest BCUT2D eigenvalue weighted by Gasteiger charge is 2.34. The second kappa shape index (κ2) is 4.71. The lowest BCUT2D eigenvalue weighted by atomic mass is 9.99. The number of thiophene rings is 1. The average Bonchev–Trinajstić information content (AvgIpc) is 2.93. The number of hydrogen-bond acceptors (Lipinski definition) is 3. The Labute approximate surface area is 108 Å². The van der Waals surface area contributed by atoms with Crippen LogP contribution in [0.5, 0.6) is 0 Å². The third kappa shape index (κ3) is 2.56.